The molecule has 18 heavy (non-hydrogen) atoms. The molecule has 0 amide bonds. The average molecular weight is 252 g/mol. The number of benzene rings is 1. The summed E-state index contributed by atoms with van der Waals surface area (Å²) >= 11 is 0. The predicted octanol–water partition coefficient (Wildman–Crippen LogP) is 3.76. The highest BCUT2D eigenvalue weighted by molar-refractivity contribution is 5.88. The van der Waals surface area contributed by atoms with Gasteiger partial charge >= 0.3 is 0 Å². The van der Waals surface area contributed by atoms with Crippen LogP contribution in [0, 0.1) is 28.4 Å². The number of Topliss-reactive ketones (excluding diaryl/α,β-unsaturated/α-hetero) is 1. The van der Waals surface area contributed by atoms with Crippen LogP contribution in [0.3, 0.4) is 0 Å². The van der Waals surface area contributed by atoms with Gasteiger partial charge < -0.3 is 0 Å². The molecule has 0 heterocycles. The zero-order valence-corrected chi connectivity index (χ0v) is 11.2. The standard InChI is InChI=1S/C15H18F2O/c1-14(2)13(15(14,3)4)11(18)8-9-6-5-7-10(16)12(9)17/h5-7,13H,8H2,1-4H3. The monoisotopic (exact) mass is 252 g/mol. The zero-order valence-electron chi connectivity index (χ0n) is 11.2. The molecule has 0 aromatic heterocycles. The van der Waals surface area contributed by atoms with Gasteiger partial charge in [0.15, 0.2) is 11.6 Å². The topological polar surface area (TPSA) is 17.1 Å². The van der Waals surface area contributed by atoms with Crippen LogP contribution in [-0.4, -0.2) is 5.78 Å². The molecule has 0 saturated heterocycles. The highest BCUT2D eigenvalue weighted by Crippen LogP contribution is 2.68. The van der Waals surface area contributed by atoms with Crippen LogP contribution in [0.5, 0.6) is 0 Å². The lowest BCUT2D eigenvalue weighted by molar-refractivity contribution is -0.120. The van der Waals surface area contributed by atoms with Crippen molar-refractivity contribution in [3.63, 3.8) is 0 Å². The third kappa shape index (κ3) is 1.76. The van der Waals surface area contributed by atoms with Crippen molar-refractivity contribution in [2.75, 3.05) is 0 Å². The maximum absolute atomic E-state index is 13.5. The summed E-state index contributed by atoms with van der Waals surface area (Å²) in [6.07, 6.45) is -0.0267. The van der Waals surface area contributed by atoms with Crippen molar-refractivity contribution < 1.29 is 13.6 Å². The van der Waals surface area contributed by atoms with Gasteiger partial charge in [-0.3, -0.25) is 4.79 Å². The van der Waals surface area contributed by atoms with Gasteiger partial charge in [0.1, 0.15) is 5.78 Å². The summed E-state index contributed by atoms with van der Waals surface area (Å²) in [5.74, 6) is -1.88. The van der Waals surface area contributed by atoms with Gasteiger partial charge in [-0.15, -0.1) is 0 Å². The predicted molar refractivity (Wildman–Crippen MR) is 66.1 cm³/mol. The number of hydrogen-bond acceptors (Lipinski definition) is 1. The molecular weight excluding hydrogens is 234 g/mol. The third-order valence-corrected chi connectivity index (χ3v) is 4.74. The van der Waals surface area contributed by atoms with Gasteiger partial charge in [-0.2, -0.15) is 0 Å². The van der Waals surface area contributed by atoms with Gasteiger partial charge in [0.05, 0.1) is 0 Å². The van der Waals surface area contributed by atoms with Crippen molar-refractivity contribution in [3.8, 4) is 0 Å². The van der Waals surface area contributed by atoms with Gasteiger partial charge in [0, 0.05) is 12.3 Å². The first-order valence-corrected chi connectivity index (χ1v) is 6.15. The van der Waals surface area contributed by atoms with Gasteiger partial charge in [0.25, 0.3) is 0 Å². The third-order valence-electron chi connectivity index (χ3n) is 4.74. The molecule has 1 aliphatic rings. The van der Waals surface area contributed by atoms with E-state index in [-0.39, 0.29) is 34.5 Å². The SMILES string of the molecule is CC1(C)C(C(=O)Cc2cccc(F)c2F)C1(C)C. The molecule has 2 rings (SSSR count). The highest BCUT2D eigenvalue weighted by Gasteiger charge is 2.67. The van der Waals surface area contributed by atoms with Crippen LogP contribution in [0.15, 0.2) is 18.2 Å². The quantitative estimate of drug-likeness (QED) is 0.800. The lowest BCUT2D eigenvalue weighted by atomic mass is 10.0. The molecule has 3 heteroatoms. The fourth-order valence-corrected chi connectivity index (χ4v) is 2.98. The summed E-state index contributed by atoms with van der Waals surface area (Å²) in [4.78, 5) is 12.2. The van der Waals surface area contributed by atoms with E-state index >= 15 is 0 Å². The number of carbonyl (C=O) groups excluding carboxylic acids is 1. The van der Waals surface area contributed by atoms with E-state index in [4.69, 9.17) is 0 Å². The van der Waals surface area contributed by atoms with Crippen molar-refractivity contribution in [1.82, 2.24) is 0 Å². The Morgan fingerprint density at radius 1 is 1.17 bits per heavy atom. The van der Waals surface area contributed by atoms with Crippen molar-refractivity contribution in [3.05, 3.63) is 35.4 Å². The maximum atomic E-state index is 13.5. The molecule has 0 radical (unpaired) electrons. The Morgan fingerprint density at radius 2 is 1.72 bits per heavy atom. The Bertz CT molecular complexity index is 489. The molecule has 1 saturated carbocycles. The van der Waals surface area contributed by atoms with Gasteiger partial charge in [-0.1, -0.05) is 39.8 Å². The van der Waals surface area contributed by atoms with Crippen LogP contribution in [0.1, 0.15) is 33.3 Å². The largest absolute Gasteiger partial charge is 0.299 e. The minimum atomic E-state index is -0.901. The Hall–Kier alpha value is -1.25. The average Bonchev–Trinajstić information content (AvgIpc) is 2.65. The summed E-state index contributed by atoms with van der Waals surface area (Å²) in [5, 5.41) is 0. The Balaban J connectivity index is 2.17. The molecule has 0 spiro atoms. The van der Waals surface area contributed by atoms with E-state index in [1.807, 2.05) is 27.7 Å². The number of halogens is 2. The lowest BCUT2D eigenvalue weighted by Crippen LogP contribution is -2.11. The van der Waals surface area contributed by atoms with E-state index in [1.54, 1.807) is 0 Å². The smallest absolute Gasteiger partial charge is 0.162 e. The minimum absolute atomic E-state index is 0.00509. The molecular formula is C15H18F2O. The Kier molecular flexibility index (Phi) is 2.84. The lowest BCUT2D eigenvalue weighted by Gasteiger charge is -2.04. The number of carbonyl (C=O) groups is 1. The molecule has 1 aromatic carbocycles. The molecule has 1 aromatic rings. The van der Waals surface area contributed by atoms with E-state index in [0.717, 1.165) is 6.07 Å². The van der Waals surface area contributed by atoms with Crippen LogP contribution in [0.2, 0.25) is 0 Å². The first-order valence-electron chi connectivity index (χ1n) is 6.15. The number of rotatable bonds is 3. The second-order valence-corrected chi connectivity index (χ2v) is 6.23. The maximum Gasteiger partial charge on any atom is 0.162 e. The van der Waals surface area contributed by atoms with E-state index in [0.29, 0.717) is 0 Å². The highest BCUT2D eigenvalue weighted by atomic mass is 19.2. The summed E-state index contributed by atoms with van der Waals surface area (Å²) in [7, 11) is 0. The summed E-state index contributed by atoms with van der Waals surface area (Å²) < 4.78 is 26.6. The molecule has 1 fully saturated rings. The van der Waals surface area contributed by atoms with Crippen molar-refractivity contribution in [2.45, 2.75) is 34.1 Å². The Labute approximate surface area is 106 Å². The molecule has 98 valence electrons. The molecule has 1 aliphatic carbocycles. The fraction of sp³-hybridized carbons (Fsp3) is 0.533. The van der Waals surface area contributed by atoms with E-state index in [9.17, 15) is 13.6 Å². The second-order valence-electron chi connectivity index (χ2n) is 6.23. The molecule has 0 bridgehead atoms. The first-order chi connectivity index (χ1) is 8.19. The summed E-state index contributed by atoms with van der Waals surface area (Å²) in [6, 6.07) is 3.97. The Morgan fingerprint density at radius 3 is 2.22 bits per heavy atom. The molecule has 0 unspecified atom stereocenters. The van der Waals surface area contributed by atoms with Crippen LogP contribution in [0.4, 0.5) is 8.78 Å². The summed E-state index contributed by atoms with van der Waals surface area (Å²) in [6.45, 7) is 8.16. The van der Waals surface area contributed by atoms with Gasteiger partial charge in [0.2, 0.25) is 0 Å². The number of ketones is 1. The van der Waals surface area contributed by atoms with Gasteiger partial charge in [-0.25, -0.2) is 8.78 Å². The first kappa shape index (κ1) is 13.2. The molecule has 0 N–H and O–H groups in total. The van der Waals surface area contributed by atoms with Crippen molar-refractivity contribution in [1.29, 1.82) is 0 Å². The van der Waals surface area contributed by atoms with Crippen LogP contribution in [-0.2, 0) is 11.2 Å². The van der Waals surface area contributed by atoms with E-state index in [2.05, 4.69) is 0 Å². The van der Waals surface area contributed by atoms with Crippen molar-refractivity contribution in [2.24, 2.45) is 16.7 Å². The van der Waals surface area contributed by atoms with E-state index in [1.165, 1.54) is 12.1 Å². The van der Waals surface area contributed by atoms with Crippen molar-refractivity contribution >= 4 is 5.78 Å². The van der Waals surface area contributed by atoms with E-state index < -0.39 is 11.6 Å². The van der Waals surface area contributed by atoms with Crippen LogP contribution in [0.25, 0.3) is 0 Å². The van der Waals surface area contributed by atoms with Crippen LogP contribution >= 0.6 is 0 Å². The summed E-state index contributed by atoms with van der Waals surface area (Å²) in [5.41, 5.74) is 0.0281. The molecule has 1 nitrogen and oxygen atoms in total. The molecule has 0 aliphatic heterocycles. The van der Waals surface area contributed by atoms with Gasteiger partial charge in [-0.05, 0) is 22.5 Å². The fourth-order valence-electron chi connectivity index (χ4n) is 2.98. The minimum Gasteiger partial charge on any atom is -0.299 e. The zero-order chi connectivity index (χ0) is 13.7. The normalized spacial score (nSPS) is 20.8. The second kappa shape index (κ2) is 3.87. The number of hydrogen-bond donors (Lipinski definition) is 0. The molecule has 0 atom stereocenters. The van der Waals surface area contributed by atoms with Crippen LogP contribution < -0.4 is 0 Å².